The molecule has 2 saturated heterocycles. The highest BCUT2D eigenvalue weighted by Gasteiger charge is 2.46. The van der Waals surface area contributed by atoms with Gasteiger partial charge in [0.25, 0.3) is 0 Å². The molecule has 6 nitrogen and oxygen atoms in total. The molecule has 2 aliphatic heterocycles. The monoisotopic (exact) mass is 542 g/mol. The fourth-order valence-corrected chi connectivity index (χ4v) is 5.56. The van der Waals surface area contributed by atoms with E-state index < -0.39 is 34.8 Å². The van der Waals surface area contributed by atoms with Crippen LogP contribution in [-0.2, 0) is 27.7 Å². The number of piperidine rings is 2. The number of carbonyl (C=O) groups excluding carboxylic acids is 2. The average Bonchev–Trinajstić information content (AvgIpc) is 3.19. The van der Waals surface area contributed by atoms with Crippen molar-refractivity contribution >= 4 is 41.1 Å². The Balaban J connectivity index is 1.54. The van der Waals surface area contributed by atoms with E-state index in [1.54, 1.807) is 17.0 Å². The van der Waals surface area contributed by atoms with Crippen LogP contribution in [0, 0.1) is 0 Å². The van der Waals surface area contributed by atoms with Gasteiger partial charge in [0.2, 0.25) is 11.8 Å². The van der Waals surface area contributed by atoms with E-state index in [0.717, 1.165) is 35.6 Å². The maximum atomic E-state index is 13.8. The van der Waals surface area contributed by atoms with Crippen molar-refractivity contribution in [2.75, 3.05) is 26.2 Å². The van der Waals surface area contributed by atoms with Crippen molar-refractivity contribution in [1.82, 2.24) is 19.6 Å². The molecule has 0 N–H and O–H groups in total. The first-order valence-corrected chi connectivity index (χ1v) is 12.6. The van der Waals surface area contributed by atoms with Gasteiger partial charge in [-0.1, -0.05) is 41.9 Å². The zero-order valence-corrected chi connectivity index (χ0v) is 21.2. The van der Waals surface area contributed by atoms with Gasteiger partial charge in [0.15, 0.2) is 5.69 Å². The molecule has 0 saturated carbocycles. The normalized spacial score (nSPS) is 18.2. The molecule has 36 heavy (non-hydrogen) atoms. The van der Waals surface area contributed by atoms with Gasteiger partial charge >= 0.3 is 6.18 Å². The molecule has 0 radical (unpaired) electrons. The number of halogens is 5. The highest BCUT2D eigenvalue weighted by molar-refractivity contribution is 6.32. The van der Waals surface area contributed by atoms with E-state index in [0.29, 0.717) is 31.0 Å². The Hall–Kier alpha value is -2.52. The van der Waals surface area contributed by atoms with Crippen LogP contribution in [0.3, 0.4) is 0 Å². The van der Waals surface area contributed by atoms with Crippen LogP contribution in [-0.4, -0.2) is 57.6 Å². The van der Waals surface area contributed by atoms with E-state index in [-0.39, 0.29) is 24.7 Å². The number of likely N-dealkylation sites (tertiary alicyclic amines) is 2. The van der Waals surface area contributed by atoms with Crippen LogP contribution in [0.25, 0.3) is 6.08 Å². The van der Waals surface area contributed by atoms with Crippen LogP contribution in [0.5, 0.6) is 0 Å². The van der Waals surface area contributed by atoms with E-state index in [9.17, 15) is 22.8 Å². The molecule has 2 fully saturated rings. The van der Waals surface area contributed by atoms with Crippen LogP contribution in [0.15, 0.2) is 30.8 Å². The Morgan fingerprint density at radius 2 is 1.61 bits per heavy atom. The summed E-state index contributed by atoms with van der Waals surface area (Å²) in [6, 6.07) is 7.25. The number of alkyl halides is 3. The van der Waals surface area contributed by atoms with Gasteiger partial charge in [-0.05, 0) is 55.9 Å². The molecule has 0 atom stereocenters. The predicted molar refractivity (Wildman–Crippen MR) is 132 cm³/mol. The van der Waals surface area contributed by atoms with Crippen LogP contribution >= 0.6 is 23.2 Å². The first-order chi connectivity index (χ1) is 17.1. The van der Waals surface area contributed by atoms with Crippen molar-refractivity contribution in [1.29, 1.82) is 0 Å². The minimum atomic E-state index is -4.75. The number of hydrogen-bond donors (Lipinski definition) is 0. The third kappa shape index (κ3) is 5.13. The summed E-state index contributed by atoms with van der Waals surface area (Å²) >= 11 is 11.9. The molecular formula is C25H27Cl2F3N4O2. The van der Waals surface area contributed by atoms with E-state index in [1.807, 2.05) is 17.0 Å². The van der Waals surface area contributed by atoms with Crippen LogP contribution in [0.1, 0.15) is 49.1 Å². The van der Waals surface area contributed by atoms with E-state index in [4.69, 9.17) is 23.2 Å². The quantitative estimate of drug-likeness (QED) is 0.506. The summed E-state index contributed by atoms with van der Waals surface area (Å²) in [4.78, 5) is 30.3. The second-order valence-corrected chi connectivity index (χ2v) is 10.0. The molecule has 2 aromatic rings. The van der Waals surface area contributed by atoms with Crippen molar-refractivity contribution in [2.24, 2.45) is 0 Å². The van der Waals surface area contributed by atoms with Crippen molar-refractivity contribution in [3.63, 3.8) is 0 Å². The van der Waals surface area contributed by atoms with Gasteiger partial charge < -0.3 is 9.80 Å². The lowest BCUT2D eigenvalue weighted by Gasteiger charge is -2.44. The highest BCUT2D eigenvalue weighted by Crippen LogP contribution is 2.39. The molecule has 1 aromatic carbocycles. The van der Waals surface area contributed by atoms with Crippen LogP contribution < -0.4 is 0 Å². The molecule has 4 rings (SSSR count). The van der Waals surface area contributed by atoms with Gasteiger partial charge in [0.1, 0.15) is 6.54 Å². The summed E-state index contributed by atoms with van der Waals surface area (Å²) in [5.41, 5.74) is -1.24. The van der Waals surface area contributed by atoms with Gasteiger partial charge in [-0.15, -0.1) is 0 Å². The second-order valence-electron chi connectivity index (χ2n) is 9.23. The van der Waals surface area contributed by atoms with Crippen molar-refractivity contribution in [2.45, 2.75) is 50.2 Å². The zero-order valence-electron chi connectivity index (χ0n) is 19.7. The number of rotatable bonds is 5. The molecule has 0 bridgehead atoms. The van der Waals surface area contributed by atoms with Crippen molar-refractivity contribution < 1.29 is 22.8 Å². The number of carbonyl (C=O) groups is 2. The summed E-state index contributed by atoms with van der Waals surface area (Å²) in [6.07, 6.45) is 0.226. The third-order valence-corrected chi connectivity index (χ3v) is 7.72. The minimum absolute atomic E-state index is 0.0549. The van der Waals surface area contributed by atoms with Crippen molar-refractivity contribution in [3.05, 3.63) is 57.8 Å². The molecule has 0 unspecified atom stereocenters. The molecule has 0 spiro atoms. The topological polar surface area (TPSA) is 58.4 Å². The Bertz CT molecular complexity index is 1130. The summed E-state index contributed by atoms with van der Waals surface area (Å²) in [5, 5.41) is 3.51. The Kier molecular flexibility index (Phi) is 7.71. The number of amides is 2. The van der Waals surface area contributed by atoms with Gasteiger partial charge in [-0.2, -0.15) is 18.3 Å². The minimum Gasteiger partial charge on any atom is -0.342 e. The molecule has 0 aliphatic carbocycles. The SMILES string of the molecule is C=Cc1c(Cl)c(C(F)(F)F)nn1CC(=O)N1CCC(C(=O)N2CCCCC2)(c2ccc(Cl)cc2)CC1. The molecule has 1 aromatic heterocycles. The van der Waals surface area contributed by atoms with Crippen LogP contribution in [0.4, 0.5) is 13.2 Å². The number of benzene rings is 1. The smallest absolute Gasteiger partial charge is 0.342 e. The van der Waals surface area contributed by atoms with Crippen molar-refractivity contribution in [3.8, 4) is 0 Å². The molecule has 11 heteroatoms. The molecule has 2 amide bonds. The fourth-order valence-electron chi connectivity index (χ4n) is 5.11. The highest BCUT2D eigenvalue weighted by atomic mass is 35.5. The lowest BCUT2D eigenvalue weighted by atomic mass is 9.71. The van der Waals surface area contributed by atoms with Gasteiger partial charge in [0.05, 0.1) is 16.1 Å². The number of hydrogen-bond acceptors (Lipinski definition) is 3. The first-order valence-electron chi connectivity index (χ1n) is 11.9. The summed E-state index contributed by atoms with van der Waals surface area (Å²) in [6.45, 7) is 5.08. The van der Waals surface area contributed by atoms with E-state index in [2.05, 4.69) is 11.7 Å². The summed E-state index contributed by atoms with van der Waals surface area (Å²) < 4.78 is 40.6. The molecular weight excluding hydrogens is 516 g/mol. The second kappa shape index (κ2) is 10.5. The van der Waals surface area contributed by atoms with Crippen LogP contribution in [0.2, 0.25) is 10.0 Å². The maximum absolute atomic E-state index is 13.8. The van der Waals surface area contributed by atoms with Gasteiger partial charge in [0, 0.05) is 31.2 Å². The Morgan fingerprint density at radius 1 is 1.00 bits per heavy atom. The van der Waals surface area contributed by atoms with Gasteiger partial charge in [-0.3, -0.25) is 14.3 Å². The number of nitrogens with zero attached hydrogens (tertiary/aromatic N) is 4. The molecule has 2 aliphatic rings. The Morgan fingerprint density at radius 3 is 2.17 bits per heavy atom. The fraction of sp³-hybridized carbons (Fsp3) is 0.480. The third-order valence-electron chi connectivity index (χ3n) is 7.10. The lowest BCUT2D eigenvalue weighted by molar-refractivity contribution is -0.144. The Labute approximate surface area is 217 Å². The average molecular weight is 543 g/mol. The maximum Gasteiger partial charge on any atom is 0.436 e. The lowest BCUT2D eigenvalue weighted by Crippen LogP contribution is -2.55. The largest absolute Gasteiger partial charge is 0.436 e. The summed E-state index contributed by atoms with van der Waals surface area (Å²) in [7, 11) is 0. The van der Waals surface area contributed by atoms with E-state index in [1.165, 1.54) is 0 Å². The molecule has 194 valence electrons. The zero-order chi connectivity index (χ0) is 26.1. The van der Waals surface area contributed by atoms with Gasteiger partial charge in [-0.25, -0.2) is 0 Å². The predicted octanol–water partition coefficient (Wildman–Crippen LogP) is 5.42. The standard InChI is InChI=1S/C25H27Cl2F3N4O2/c1-2-19-21(27)22(25(28,29)30)31-34(19)16-20(35)32-14-10-24(11-15-32,17-6-8-18(26)9-7-17)23(36)33-12-4-3-5-13-33/h2,6-9H,1,3-5,10-16H2. The first kappa shape index (κ1) is 26.5. The summed E-state index contributed by atoms with van der Waals surface area (Å²) in [5.74, 6) is -0.347. The van der Waals surface area contributed by atoms with E-state index >= 15 is 0 Å². The number of aromatic nitrogens is 2. The molecule has 3 heterocycles.